The largest absolute Gasteiger partial charge is 0.570 e. The summed E-state index contributed by atoms with van der Waals surface area (Å²) in [4.78, 5) is 2.36. The first-order valence-corrected chi connectivity index (χ1v) is 15.8. The highest BCUT2D eigenvalue weighted by molar-refractivity contribution is 9.36. The molecule has 2 heterocycles. The molecule has 1 unspecified atom stereocenters. The number of benzene rings is 1. The Labute approximate surface area is 160 Å². The highest BCUT2D eigenvalue weighted by Gasteiger charge is 2.60. The fraction of sp³-hybridized carbons (Fsp3) is 0.500. The molecule has 0 N–H and O–H groups in total. The Bertz CT molecular complexity index is 736. The average Bonchev–Trinajstić information content (AvgIpc) is 2.98. The summed E-state index contributed by atoms with van der Waals surface area (Å²) in [6.07, 6.45) is 1.00. The minimum absolute atomic E-state index is 0.870. The van der Waals surface area contributed by atoms with Crippen molar-refractivity contribution in [1.82, 2.24) is 14.4 Å². The van der Waals surface area contributed by atoms with E-state index in [0.717, 1.165) is 23.2 Å². The smallest absolute Gasteiger partial charge is 0.369 e. The van der Waals surface area contributed by atoms with E-state index in [1.54, 1.807) is 41.9 Å². The van der Waals surface area contributed by atoms with Gasteiger partial charge in [-0.15, -0.1) is 5.10 Å². The summed E-state index contributed by atoms with van der Waals surface area (Å²) in [5, 5.41) is 8.50. The minimum atomic E-state index is -2.94. The maximum absolute atomic E-state index is 5.96. The fourth-order valence-electron chi connectivity index (χ4n) is 2.82. The van der Waals surface area contributed by atoms with Gasteiger partial charge in [-0.25, -0.2) is 0 Å². The van der Waals surface area contributed by atoms with Gasteiger partial charge in [0.25, 0.3) is 0 Å². The lowest BCUT2D eigenvalue weighted by Gasteiger charge is -2.48. The van der Waals surface area contributed by atoms with Crippen LogP contribution < -0.4 is 0 Å². The van der Waals surface area contributed by atoms with E-state index in [9.17, 15) is 0 Å². The Kier molecular flexibility index (Phi) is 6.09. The average molecular weight is 442 g/mol. The standard InChI is InChI=1S/C12H19N3O3S5Si/c1-5-8-23(24(16-2,17-3)18-4)12-10(20-21-22-23)7-6-9-11(12)13-14-15(9)19/h6-7,19H,5,8H2,1-4H3. The zero-order valence-electron chi connectivity index (χ0n) is 13.7. The van der Waals surface area contributed by atoms with Crippen LogP contribution in [0, 0.1) is 0 Å². The van der Waals surface area contributed by atoms with Gasteiger partial charge in [-0.2, -0.15) is 4.09 Å². The normalized spacial score (nSPS) is 23.9. The highest BCUT2D eigenvalue weighted by Crippen LogP contribution is 2.82. The number of fused-ring (bicyclic) bond motifs is 3. The molecule has 6 nitrogen and oxygen atoms in total. The van der Waals surface area contributed by atoms with Gasteiger partial charge in [0.05, 0.1) is 0 Å². The summed E-state index contributed by atoms with van der Waals surface area (Å²) >= 11 is 4.37. The van der Waals surface area contributed by atoms with Gasteiger partial charge in [0.2, 0.25) is 0 Å². The Morgan fingerprint density at radius 3 is 2.58 bits per heavy atom. The molecular weight excluding hydrogens is 423 g/mol. The monoisotopic (exact) mass is 441 g/mol. The van der Waals surface area contributed by atoms with E-state index < -0.39 is 16.5 Å². The van der Waals surface area contributed by atoms with Crippen molar-refractivity contribution in [2.45, 2.75) is 23.1 Å². The Balaban J connectivity index is 2.36. The van der Waals surface area contributed by atoms with E-state index >= 15 is 0 Å². The third kappa shape index (κ3) is 2.74. The molecule has 0 saturated heterocycles. The maximum Gasteiger partial charge on any atom is 0.570 e. The van der Waals surface area contributed by atoms with Crippen molar-refractivity contribution >= 4 is 70.8 Å². The van der Waals surface area contributed by atoms with Crippen molar-refractivity contribution in [2.75, 3.05) is 27.1 Å². The molecule has 0 amide bonds. The van der Waals surface area contributed by atoms with Crippen LogP contribution in [0.15, 0.2) is 21.9 Å². The van der Waals surface area contributed by atoms with Gasteiger partial charge in [-0.05, 0) is 67.6 Å². The van der Waals surface area contributed by atoms with Crippen LogP contribution in [0.25, 0.3) is 11.0 Å². The Morgan fingerprint density at radius 2 is 1.96 bits per heavy atom. The molecule has 1 aliphatic heterocycles. The highest BCUT2D eigenvalue weighted by atomic mass is 33.7. The number of aromatic nitrogens is 3. The Morgan fingerprint density at radius 1 is 1.25 bits per heavy atom. The molecule has 1 aromatic carbocycles. The third-order valence-corrected chi connectivity index (χ3v) is 25.6. The molecule has 0 fully saturated rings. The molecular formula is C12H19N3O3S5Si. The number of hydrogen-bond donors (Lipinski definition) is 1. The van der Waals surface area contributed by atoms with Crippen molar-refractivity contribution in [1.29, 1.82) is 0 Å². The molecule has 1 aromatic heterocycles. The second-order valence-corrected chi connectivity index (χ2v) is 20.6. The van der Waals surface area contributed by atoms with Crippen LogP contribution in [0.2, 0.25) is 0 Å². The predicted octanol–water partition coefficient (Wildman–Crippen LogP) is 4.39. The van der Waals surface area contributed by atoms with Gasteiger partial charge < -0.3 is 13.3 Å². The molecule has 24 heavy (non-hydrogen) atoms. The van der Waals surface area contributed by atoms with Crippen LogP contribution in [0.1, 0.15) is 13.3 Å². The van der Waals surface area contributed by atoms with Crippen molar-refractivity contribution in [3.63, 3.8) is 0 Å². The van der Waals surface area contributed by atoms with Gasteiger partial charge in [0, 0.05) is 31.1 Å². The molecule has 3 rings (SSSR count). The van der Waals surface area contributed by atoms with Crippen LogP contribution in [-0.4, -0.2) is 49.4 Å². The van der Waals surface area contributed by atoms with Crippen LogP contribution in [0.5, 0.6) is 0 Å². The van der Waals surface area contributed by atoms with E-state index in [4.69, 9.17) is 13.3 Å². The summed E-state index contributed by atoms with van der Waals surface area (Å²) in [7, 11) is 5.87. The van der Waals surface area contributed by atoms with Crippen LogP contribution in [0.3, 0.4) is 0 Å². The number of hydrogen-bond acceptors (Lipinski definition) is 9. The molecule has 12 heteroatoms. The van der Waals surface area contributed by atoms with Gasteiger partial charge in [-0.1, -0.05) is 20.6 Å². The minimum Gasteiger partial charge on any atom is -0.369 e. The van der Waals surface area contributed by atoms with Crippen molar-refractivity contribution in [2.24, 2.45) is 0 Å². The fourth-order valence-corrected chi connectivity index (χ4v) is 29.5. The summed E-state index contributed by atoms with van der Waals surface area (Å²) in [6, 6.07) is 4.12. The molecule has 2 aromatic rings. The summed E-state index contributed by atoms with van der Waals surface area (Å²) < 4.78 is 19.4. The van der Waals surface area contributed by atoms with Crippen LogP contribution in [0.4, 0.5) is 0 Å². The molecule has 134 valence electrons. The van der Waals surface area contributed by atoms with Gasteiger partial charge >= 0.3 is 7.95 Å². The maximum atomic E-state index is 5.96. The lowest BCUT2D eigenvalue weighted by molar-refractivity contribution is 0.151. The van der Waals surface area contributed by atoms with E-state index in [-0.39, 0.29) is 0 Å². The molecule has 0 aliphatic carbocycles. The SMILES string of the molecule is CCCS1([Si](OC)(OC)OC)SSSc2ccc3c(nnn3S)c21. The summed E-state index contributed by atoms with van der Waals surface area (Å²) in [6.45, 7) is 2.18. The van der Waals surface area contributed by atoms with Gasteiger partial charge in [-0.3, -0.25) is 0 Å². The first-order valence-electron chi connectivity index (χ1n) is 7.15. The lowest BCUT2D eigenvalue weighted by atomic mass is 10.3. The zero-order chi connectivity index (χ0) is 17.4. The topological polar surface area (TPSA) is 58.4 Å². The van der Waals surface area contributed by atoms with E-state index in [1.807, 2.05) is 15.9 Å². The predicted molar refractivity (Wildman–Crippen MR) is 111 cm³/mol. The van der Waals surface area contributed by atoms with Crippen LogP contribution in [-0.2, 0) is 13.3 Å². The van der Waals surface area contributed by atoms with Crippen molar-refractivity contribution in [3.05, 3.63) is 12.1 Å². The molecule has 0 radical (unpaired) electrons. The summed E-state index contributed by atoms with van der Waals surface area (Å²) in [5.41, 5.74) is 1.76. The molecule has 0 bridgehead atoms. The summed E-state index contributed by atoms with van der Waals surface area (Å²) in [5.74, 6) is 0.943. The molecule has 0 saturated carbocycles. The van der Waals surface area contributed by atoms with E-state index in [0.29, 0.717) is 0 Å². The molecule has 1 aliphatic rings. The quantitative estimate of drug-likeness (QED) is 0.402. The first kappa shape index (κ1) is 19.2. The number of thiol groups is 1. The molecule has 0 spiro atoms. The van der Waals surface area contributed by atoms with E-state index in [1.165, 1.54) is 13.9 Å². The first-order chi connectivity index (χ1) is 11.6. The zero-order valence-corrected chi connectivity index (χ0v) is 18.9. The molecule has 1 atom stereocenters. The number of nitrogens with zero attached hydrogens (tertiary/aromatic N) is 3. The second-order valence-electron chi connectivity index (χ2n) is 4.95. The third-order valence-electron chi connectivity index (χ3n) is 3.76. The lowest BCUT2D eigenvalue weighted by Crippen LogP contribution is -2.48. The number of rotatable bonds is 6. The van der Waals surface area contributed by atoms with Crippen LogP contribution >= 0.6 is 51.8 Å². The second kappa shape index (κ2) is 7.60. The Hall–Kier alpha value is 0.467. The van der Waals surface area contributed by atoms with E-state index in [2.05, 4.69) is 36.1 Å². The van der Waals surface area contributed by atoms with Gasteiger partial charge in [0.1, 0.15) is 11.0 Å². The van der Waals surface area contributed by atoms with Gasteiger partial charge in [0.15, 0.2) is 0 Å². The van der Waals surface area contributed by atoms with Crippen molar-refractivity contribution in [3.8, 4) is 0 Å². The van der Waals surface area contributed by atoms with Crippen molar-refractivity contribution < 1.29 is 13.3 Å².